The lowest BCUT2D eigenvalue weighted by Crippen LogP contribution is -2.19. The Morgan fingerprint density at radius 2 is 1.87 bits per heavy atom. The van der Waals surface area contributed by atoms with Crippen molar-refractivity contribution in [3.8, 4) is 0 Å². The van der Waals surface area contributed by atoms with E-state index in [1.807, 2.05) is 42.5 Å². The number of pyridine rings is 1. The van der Waals surface area contributed by atoms with E-state index in [1.54, 1.807) is 12.4 Å². The van der Waals surface area contributed by atoms with E-state index >= 15 is 0 Å². The van der Waals surface area contributed by atoms with E-state index in [4.69, 9.17) is 0 Å². The number of carbonyl (C=O) groups excluding carboxylic acids is 1. The summed E-state index contributed by atoms with van der Waals surface area (Å²) in [6.45, 7) is 0.467. The average molecular weight is 306 g/mol. The fourth-order valence-electron chi connectivity index (χ4n) is 2.75. The topological polar surface area (TPSA) is 62.5 Å². The van der Waals surface area contributed by atoms with Gasteiger partial charge in [0.2, 0.25) is 0 Å². The molecule has 1 aliphatic rings. The van der Waals surface area contributed by atoms with Crippen molar-refractivity contribution in [3.63, 3.8) is 0 Å². The Kier molecular flexibility index (Phi) is 4.62. The smallest absolute Gasteiger partial charge is 0.168 e. The molecule has 4 nitrogen and oxygen atoms in total. The van der Waals surface area contributed by atoms with Gasteiger partial charge in [0, 0.05) is 31.4 Å². The minimum Gasteiger partial charge on any atom is -0.511 e. The SMILES string of the molecule is O=C1CC(c2ccccc2)CC(O)=C1C=NCc1ccncc1. The fraction of sp³-hybridized carbons (Fsp3) is 0.211. The molecule has 3 rings (SSSR count). The lowest BCUT2D eigenvalue weighted by atomic mass is 9.83. The van der Waals surface area contributed by atoms with Gasteiger partial charge in [-0.2, -0.15) is 0 Å². The quantitative estimate of drug-likeness (QED) is 0.878. The maximum atomic E-state index is 12.3. The van der Waals surface area contributed by atoms with Crippen LogP contribution in [0.15, 0.2) is 71.2 Å². The van der Waals surface area contributed by atoms with Crippen LogP contribution in [0, 0.1) is 0 Å². The van der Waals surface area contributed by atoms with Gasteiger partial charge in [0.15, 0.2) is 5.78 Å². The van der Waals surface area contributed by atoms with Gasteiger partial charge in [-0.1, -0.05) is 30.3 Å². The molecule has 0 saturated heterocycles. The molecule has 4 heteroatoms. The van der Waals surface area contributed by atoms with E-state index in [1.165, 1.54) is 6.21 Å². The highest BCUT2D eigenvalue weighted by Crippen LogP contribution is 2.32. The summed E-state index contributed by atoms with van der Waals surface area (Å²) in [5.41, 5.74) is 2.44. The third kappa shape index (κ3) is 3.72. The van der Waals surface area contributed by atoms with Crippen LogP contribution in [0.1, 0.15) is 29.9 Å². The van der Waals surface area contributed by atoms with Gasteiger partial charge in [0.1, 0.15) is 5.76 Å². The number of hydrogen-bond acceptors (Lipinski definition) is 4. The molecule has 1 aliphatic carbocycles. The molecule has 23 heavy (non-hydrogen) atoms. The predicted molar refractivity (Wildman–Crippen MR) is 89.5 cm³/mol. The Balaban J connectivity index is 1.71. The minimum absolute atomic E-state index is 0.0426. The highest BCUT2D eigenvalue weighted by atomic mass is 16.3. The van der Waals surface area contributed by atoms with Crippen LogP contribution in [-0.4, -0.2) is 22.1 Å². The van der Waals surface area contributed by atoms with E-state index in [0.717, 1.165) is 11.1 Å². The Bertz CT molecular complexity index is 736. The maximum Gasteiger partial charge on any atom is 0.168 e. The summed E-state index contributed by atoms with van der Waals surface area (Å²) in [7, 11) is 0. The molecular weight excluding hydrogens is 288 g/mol. The highest BCUT2D eigenvalue weighted by Gasteiger charge is 2.27. The molecule has 0 amide bonds. The van der Waals surface area contributed by atoms with Crippen molar-refractivity contribution in [3.05, 3.63) is 77.3 Å². The zero-order valence-electron chi connectivity index (χ0n) is 12.7. The van der Waals surface area contributed by atoms with E-state index in [-0.39, 0.29) is 17.5 Å². The van der Waals surface area contributed by atoms with Gasteiger partial charge in [0.05, 0.1) is 12.1 Å². The number of Topliss-reactive ketones (excluding diaryl/α,β-unsaturated/α-hetero) is 1. The first kappa shape index (κ1) is 15.2. The van der Waals surface area contributed by atoms with Crippen molar-refractivity contribution in [1.82, 2.24) is 4.98 Å². The molecule has 0 spiro atoms. The van der Waals surface area contributed by atoms with Gasteiger partial charge < -0.3 is 5.11 Å². The first-order valence-corrected chi connectivity index (χ1v) is 7.63. The molecule has 1 heterocycles. The fourth-order valence-corrected chi connectivity index (χ4v) is 2.75. The molecule has 0 bridgehead atoms. The Labute approximate surface area is 135 Å². The number of hydrogen-bond donors (Lipinski definition) is 1. The van der Waals surface area contributed by atoms with Crippen molar-refractivity contribution < 1.29 is 9.90 Å². The Morgan fingerprint density at radius 1 is 1.13 bits per heavy atom. The maximum absolute atomic E-state index is 12.3. The Hall–Kier alpha value is -2.75. The standard InChI is InChI=1S/C19H18N2O2/c22-18-10-16(15-4-2-1-3-5-15)11-19(23)17(18)13-21-12-14-6-8-20-9-7-14/h1-9,13,16,22H,10-12H2. The van der Waals surface area contributed by atoms with Crippen molar-refractivity contribution in [2.45, 2.75) is 25.3 Å². The first-order chi connectivity index (χ1) is 11.2. The van der Waals surface area contributed by atoms with Crippen molar-refractivity contribution in [2.75, 3.05) is 0 Å². The zero-order valence-corrected chi connectivity index (χ0v) is 12.7. The third-order valence-corrected chi connectivity index (χ3v) is 4.00. The monoisotopic (exact) mass is 306 g/mol. The molecule has 1 unspecified atom stereocenters. The van der Waals surface area contributed by atoms with Crippen LogP contribution < -0.4 is 0 Å². The molecule has 0 saturated carbocycles. The Morgan fingerprint density at radius 3 is 2.57 bits per heavy atom. The van der Waals surface area contributed by atoms with E-state index < -0.39 is 0 Å². The zero-order chi connectivity index (χ0) is 16.1. The summed E-state index contributed by atoms with van der Waals surface area (Å²) in [6, 6.07) is 13.6. The normalized spacial score (nSPS) is 18.6. The second kappa shape index (κ2) is 7.01. The second-order valence-corrected chi connectivity index (χ2v) is 5.62. The van der Waals surface area contributed by atoms with Crippen LogP contribution >= 0.6 is 0 Å². The molecular formula is C19H18N2O2. The number of rotatable bonds is 4. The van der Waals surface area contributed by atoms with Crippen molar-refractivity contribution in [2.24, 2.45) is 4.99 Å². The number of aliphatic hydroxyl groups excluding tert-OH is 1. The largest absolute Gasteiger partial charge is 0.511 e. The van der Waals surface area contributed by atoms with E-state index in [9.17, 15) is 9.90 Å². The number of ketones is 1. The summed E-state index contributed by atoms with van der Waals surface area (Å²) in [5.74, 6) is 0.121. The molecule has 1 atom stereocenters. The van der Waals surface area contributed by atoms with Crippen LogP contribution in [0.3, 0.4) is 0 Å². The molecule has 0 radical (unpaired) electrons. The minimum atomic E-state index is -0.0546. The van der Waals surface area contributed by atoms with Gasteiger partial charge in [-0.25, -0.2) is 0 Å². The summed E-state index contributed by atoms with van der Waals surface area (Å²) in [5, 5.41) is 10.2. The number of nitrogens with zero attached hydrogens (tertiary/aromatic N) is 2. The van der Waals surface area contributed by atoms with Crippen LogP contribution in [0.2, 0.25) is 0 Å². The van der Waals surface area contributed by atoms with Crippen LogP contribution in [0.4, 0.5) is 0 Å². The van der Waals surface area contributed by atoms with Gasteiger partial charge >= 0.3 is 0 Å². The van der Waals surface area contributed by atoms with E-state index in [0.29, 0.717) is 25.0 Å². The van der Waals surface area contributed by atoms with Crippen molar-refractivity contribution in [1.29, 1.82) is 0 Å². The molecule has 1 aromatic carbocycles. The number of aliphatic imine (C=N–C) groups is 1. The lowest BCUT2D eigenvalue weighted by molar-refractivity contribution is -0.116. The van der Waals surface area contributed by atoms with Crippen LogP contribution in [0.5, 0.6) is 0 Å². The molecule has 116 valence electrons. The van der Waals surface area contributed by atoms with Gasteiger partial charge in [0.25, 0.3) is 0 Å². The summed E-state index contributed by atoms with van der Waals surface area (Å²) in [4.78, 5) is 20.5. The number of aromatic nitrogens is 1. The number of allylic oxidation sites excluding steroid dienone is 2. The van der Waals surface area contributed by atoms with Crippen molar-refractivity contribution >= 4 is 12.0 Å². The van der Waals surface area contributed by atoms with Gasteiger partial charge in [-0.15, -0.1) is 0 Å². The molecule has 0 aliphatic heterocycles. The molecule has 1 aromatic heterocycles. The van der Waals surface area contributed by atoms with Gasteiger partial charge in [-0.3, -0.25) is 14.8 Å². The second-order valence-electron chi connectivity index (χ2n) is 5.62. The van der Waals surface area contributed by atoms with Crippen LogP contribution in [-0.2, 0) is 11.3 Å². The summed E-state index contributed by atoms with van der Waals surface area (Å²) < 4.78 is 0. The summed E-state index contributed by atoms with van der Waals surface area (Å²) >= 11 is 0. The third-order valence-electron chi connectivity index (χ3n) is 4.00. The van der Waals surface area contributed by atoms with Crippen LogP contribution in [0.25, 0.3) is 0 Å². The lowest BCUT2D eigenvalue weighted by Gasteiger charge is -2.22. The van der Waals surface area contributed by atoms with Gasteiger partial charge in [-0.05, 0) is 29.2 Å². The number of aliphatic hydroxyl groups is 1. The summed E-state index contributed by atoms with van der Waals surface area (Å²) in [6.07, 6.45) is 5.80. The first-order valence-electron chi connectivity index (χ1n) is 7.63. The predicted octanol–water partition coefficient (Wildman–Crippen LogP) is 3.61. The average Bonchev–Trinajstić information content (AvgIpc) is 2.59. The number of benzene rings is 1. The molecule has 0 fully saturated rings. The number of carbonyl (C=O) groups is 1. The molecule has 2 aromatic rings. The molecule has 1 N–H and O–H groups in total. The van der Waals surface area contributed by atoms with E-state index in [2.05, 4.69) is 9.98 Å². The highest BCUT2D eigenvalue weighted by molar-refractivity contribution is 6.14.